The number of halogens is 1. The minimum absolute atomic E-state index is 0.233. The van der Waals surface area contributed by atoms with Crippen LogP contribution in [-0.4, -0.2) is 19.1 Å². The number of carbonyl (C=O) groups excluding carboxylic acids is 1. The molecular formula is C16H17ClN4O3. The third-order valence-corrected chi connectivity index (χ3v) is 3.26. The molecule has 0 saturated heterocycles. The molecule has 0 heterocycles. The first-order valence-corrected chi connectivity index (χ1v) is 7.32. The summed E-state index contributed by atoms with van der Waals surface area (Å²) < 4.78 is 10.9. The summed E-state index contributed by atoms with van der Waals surface area (Å²) in [5.41, 5.74) is 11.6. The smallest absolute Gasteiger partial charge is 0.348 e. The van der Waals surface area contributed by atoms with Crippen LogP contribution in [0.4, 0.5) is 10.5 Å². The molecule has 5 N–H and O–H groups in total. The number of benzene rings is 2. The van der Waals surface area contributed by atoms with Gasteiger partial charge in [0.2, 0.25) is 0 Å². The Morgan fingerprint density at radius 2 is 1.96 bits per heavy atom. The number of carbonyl (C=O) groups is 1. The summed E-state index contributed by atoms with van der Waals surface area (Å²) in [6, 6.07) is 12.1. The molecule has 7 nitrogen and oxygen atoms in total. The van der Waals surface area contributed by atoms with Gasteiger partial charge < -0.3 is 26.3 Å². The zero-order chi connectivity index (χ0) is 17.5. The summed E-state index contributed by atoms with van der Waals surface area (Å²) in [5, 5.41) is 2.70. The molecular weight excluding hydrogens is 332 g/mol. The molecule has 0 aliphatic rings. The van der Waals surface area contributed by atoms with Crippen molar-refractivity contribution in [1.82, 2.24) is 0 Å². The normalized spacial score (nSPS) is 9.92. The molecule has 0 unspecified atom stereocenters. The van der Waals surface area contributed by atoms with Crippen LogP contribution in [0.25, 0.3) is 0 Å². The van der Waals surface area contributed by atoms with E-state index in [-0.39, 0.29) is 16.7 Å². The number of rotatable bonds is 5. The highest BCUT2D eigenvalue weighted by Crippen LogP contribution is 2.37. The lowest BCUT2D eigenvalue weighted by Gasteiger charge is -2.14. The van der Waals surface area contributed by atoms with Gasteiger partial charge in [-0.05, 0) is 5.56 Å². The van der Waals surface area contributed by atoms with Gasteiger partial charge in [0.25, 0.3) is 0 Å². The van der Waals surface area contributed by atoms with Gasteiger partial charge in [0.1, 0.15) is 23.8 Å². The summed E-state index contributed by atoms with van der Waals surface area (Å²) in [6.45, 7) is 0.375. The standard InChI is InChI=1S/C16H17ClN4O3/c1-23-13-8-11(24-9-10-5-3-2-4-6-10)7-12(17)14(13)20-16(22)21-15(18)19/h2-8H,9H2,1H3,(H5,18,19,20,21,22). The number of nitrogens with two attached hydrogens (primary N) is 2. The Morgan fingerprint density at radius 1 is 1.25 bits per heavy atom. The second-order valence-electron chi connectivity index (χ2n) is 4.72. The molecule has 0 atom stereocenters. The third-order valence-electron chi connectivity index (χ3n) is 2.96. The van der Waals surface area contributed by atoms with Gasteiger partial charge in [-0.25, -0.2) is 4.79 Å². The number of anilines is 1. The number of nitrogens with zero attached hydrogens (tertiary/aromatic N) is 1. The average Bonchev–Trinajstić information content (AvgIpc) is 2.55. The molecule has 0 bridgehead atoms. The van der Waals surface area contributed by atoms with Gasteiger partial charge in [0.15, 0.2) is 5.96 Å². The highest BCUT2D eigenvalue weighted by molar-refractivity contribution is 6.34. The molecule has 2 rings (SSSR count). The van der Waals surface area contributed by atoms with Crippen LogP contribution in [0, 0.1) is 0 Å². The molecule has 0 spiro atoms. The number of ether oxygens (including phenoxy) is 2. The Morgan fingerprint density at radius 3 is 2.58 bits per heavy atom. The molecule has 0 radical (unpaired) electrons. The maximum Gasteiger partial charge on any atom is 0.348 e. The van der Waals surface area contributed by atoms with Crippen molar-refractivity contribution in [3.8, 4) is 11.5 Å². The highest BCUT2D eigenvalue weighted by atomic mass is 35.5. The van der Waals surface area contributed by atoms with Crippen LogP contribution in [-0.2, 0) is 6.61 Å². The van der Waals surface area contributed by atoms with Crippen molar-refractivity contribution in [1.29, 1.82) is 0 Å². The molecule has 0 aliphatic carbocycles. The molecule has 8 heteroatoms. The van der Waals surface area contributed by atoms with Crippen LogP contribution in [0.3, 0.4) is 0 Å². The topological polar surface area (TPSA) is 112 Å². The number of aliphatic imine (C=N–C) groups is 1. The largest absolute Gasteiger partial charge is 0.494 e. The fourth-order valence-electron chi connectivity index (χ4n) is 1.92. The van der Waals surface area contributed by atoms with E-state index >= 15 is 0 Å². The summed E-state index contributed by atoms with van der Waals surface area (Å²) >= 11 is 6.19. The van der Waals surface area contributed by atoms with E-state index in [2.05, 4.69) is 10.3 Å². The Hall–Kier alpha value is -2.93. The van der Waals surface area contributed by atoms with E-state index in [0.717, 1.165) is 5.56 Å². The van der Waals surface area contributed by atoms with E-state index in [1.807, 2.05) is 30.3 Å². The number of urea groups is 1. The van der Waals surface area contributed by atoms with Gasteiger partial charge >= 0.3 is 6.03 Å². The fourth-order valence-corrected chi connectivity index (χ4v) is 2.16. The highest BCUT2D eigenvalue weighted by Gasteiger charge is 2.14. The predicted octanol–water partition coefficient (Wildman–Crippen LogP) is 2.73. The second kappa shape index (κ2) is 8.07. The lowest BCUT2D eigenvalue weighted by atomic mass is 10.2. The zero-order valence-corrected chi connectivity index (χ0v) is 13.7. The maximum absolute atomic E-state index is 11.6. The Bertz CT molecular complexity index is 746. The first kappa shape index (κ1) is 17.4. The van der Waals surface area contributed by atoms with Crippen LogP contribution >= 0.6 is 11.6 Å². The van der Waals surface area contributed by atoms with Crippen LogP contribution in [0.1, 0.15) is 5.56 Å². The quantitative estimate of drug-likeness (QED) is 0.568. The van der Waals surface area contributed by atoms with E-state index in [1.54, 1.807) is 12.1 Å². The molecule has 24 heavy (non-hydrogen) atoms. The molecule has 2 aromatic rings. The minimum Gasteiger partial charge on any atom is -0.494 e. The van der Waals surface area contributed by atoms with E-state index < -0.39 is 6.03 Å². The van der Waals surface area contributed by atoms with E-state index in [0.29, 0.717) is 18.1 Å². The average molecular weight is 349 g/mol. The summed E-state index contributed by atoms with van der Waals surface area (Å²) in [4.78, 5) is 15.0. The van der Waals surface area contributed by atoms with Crippen molar-refractivity contribution in [2.75, 3.05) is 12.4 Å². The van der Waals surface area contributed by atoms with Gasteiger partial charge in [-0.2, -0.15) is 4.99 Å². The number of amides is 2. The van der Waals surface area contributed by atoms with Gasteiger partial charge in [0, 0.05) is 12.1 Å². The third kappa shape index (κ3) is 4.79. The molecule has 2 amide bonds. The number of methoxy groups -OCH3 is 1. The molecule has 126 valence electrons. The van der Waals surface area contributed by atoms with Crippen molar-refractivity contribution in [2.24, 2.45) is 16.5 Å². The van der Waals surface area contributed by atoms with Crippen molar-refractivity contribution in [3.05, 3.63) is 53.1 Å². The Balaban J connectivity index is 2.17. The Kier molecular flexibility index (Phi) is 5.86. The number of guanidine groups is 1. The Labute approximate surface area is 144 Å². The second-order valence-corrected chi connectivity index (χ2v) is 5.13. The lowest BCUT2D eigenvalue weighted by Crippen LogP contribution is -2.25. The summed E-state index contributed by atoms with van der Waals surface area (Å²) in [6.07, 6.45) is 0. The van der Waals surface area contributed by atoms with Crippen molar-refractivity contribution >= 4 is 29.3 Å². The minimum atomic E-state index is -0.756. The zero-order valence-electron chi connectivity index (χ0n) is 13.0. The number of hydrogen-bond acceptors (Lipinski definition) is 3. The van der Waals surface area contributed by atoms with Crippen LogP contribution < -0.4 is 26.3 Å². The lowest BCUT2D eigenvalue weighted by molar-refractivity contribution is 0.259. The predicted molar refractivity (Wildman–Crippen MR) is 93.6 cm³/mol. The number of nitrogens with one attached hydrogen (secondary N) is 1. The van der Waals surface area contributed by atoms with Crippen molar-refractivity contribution in [2.45, 2.75) is 6.61 Å². The van der Waals surface area contributed by atoms with Gasteiger partial charge in [-0.3, -0.25) is 0 Å². The summed E-state index contributed by atoms with van der Waals surface area (Å²) in [5.74, 6) is 0.468. The maximum atomic E-state index is 11.6. The first-order chi connectivity index (χ1) is 11.5. The van der Waals surface area contributed by atoms with Gasteiger partial charge in [0.05, 0.1) is 12.1 Å². The summed E-state index contributed by atoms with van der Waals surface area (Å²) in [7, 11) is 1.45. The van der Waals surface area contributed by atoms with E-state index in [4.69, 9.17) is 32.5 Å². The fraction of sp³-hybridized carbons (Fsp3) is 0.125. The molecule has 0 aliphatic heterocycles. The van der Waals surface area contributed by atoms with E-state index in [1.165, 1.54) is 7.11 Å². The molecule has 0 saturated carbocycles. The first-order valence-electron chi connectivity index (χ1n) is 6.94. The van der Waals surface area contributed by atoms with Crippen molar-refractivity contribution in [3.63, 3.8) is 0 Å². The molecule has 0 aromatic heterocycles. The van der Waals surface area contributed by atoms with Crippen LogP contribution in [0.2, 0.25) is 5.02 Å². The number of hydrogen-bond donors (Lipinski definition) is 3. The molecule has 0 fully saturated rings. The molecule has 2 aromatic carbocycles. The van der Waals surface area contributed by atoms with Crippen LogP contribution in [0.15, 0.2) is 47.5 Å². The van der Waals surface area contributed by atoms with E-state index in [9.17, 15) is 4.79 Å². The van der Waals surface area contributed by atoms with Crippen LogP contribution in [0.5, 0.6) is 11.5 Å². The van der Waals surface area contributed by atoms with Gasteiger partial charge in [-0.15, -0.1) is 0 Å². The van der Waals surface area contributed by atoms with Gasteiger partial charge in [-0.1, -0.05) is 41.9 Å². The SMILES string of the molecule is COc1cc(OCc2ccccc2)cc(Cl)c1NC(=O)N=C(N)N. The van der Waals surface area contributed by atoms with Crippen molar-refractivity contribution < 1.29 is 14.3 Å². The monoisotopic (exact) mass is 348 g/mol.